The molecule has 0 saturated carbocycles. The van der Waals surface area contributed by atoms with Crippen LogP contribution in [0.1, 0.15) is 22.7 Å². The van der Waals surface area contributed by atoms with Crippen LogP contribution in [-0.2, 0) is 17.5 Å². The topological polar surface area (TPSA) is 62.6 Å². The lowest BCUT2D eigenvalue weighted by atomic mass is 10.0. The summed E-state index contributed by atoms with van der Waals surface area (Å²) in [5.41, 5.74) is 0.623. The van der Waals surface area contributed by atoms with E-state index in [-0.39, 0.29) is 0 Å². The van der Waals surface area contributed by atoms with Gasteiger partial charge in [-0.05, 0) is 12.1 Å². The number of rotatable bonds is 5. The Morgan fingerprint density at radius 2 is 1.63 bits per heavy atom. The number of hydrogen-bond donors (Lipinski definition) is 3. The highest BCUT2D eigenvalue weighted by Gasteiger charge is 2.32. The molecule has 2 aromatic carbocycles. The maximum absolute atomic E-state index is 12.7. The van der Waals surface area contributed by atoms with Gasteiger partial charge in [0, 0.05) is 18.2 Å². The van der Waals surface area contributed by atoms with E-state index in [9.17, 15) is 22.8 Å². The molecule has 0 aliphatic heterocycles. The Kier molecular flexibility index (Phi) is 6.57. The first-order chi connectivity index (χ1) is 12.7. The first-order valence-corrected chi connectivity index (χ1v) is 8.28. The third-order valence-electron chi connectivity index (χ3n) is 4.12. The average Bonchev–Trinajstić information content (AvgIpc) is 2.62. The molecule has 3 amide bonds. The van der Waals surface area contributed by atoms with Gasteiger partial charge in [-0.15, -0.1) is 0 Å². The van der Waals surface area contributed by atoms with Crippen molar-refractivity contribution in [2.24, 2.45) is 0 Å². The summed E-state index contributed by atoms with van der Waals surface area (Å²) in [5, 5.41) is 4.59. The monoisotopic (exact) mass is 380 g/mol. The zero-order valence-electron chi connectivity index (χ0n) is 14.9. The van der Waals surface area contributed by atoms with Gasteiger partial charge in [0.25, 0.3) is 5.91 Å². The van der Waals surface area contributed by atoms with E-state index in [0.29, 0.717) is 22.6 Å². The van der Waals surface area contributed by atoms with Gasteiger partial charge in [0.05, 0.1) is 12.6 Å². The van der Waals surface area contributed by atoms with Gasteiger partial charge in [0.2, 0.25) is 0 Å². The fraction of sp³-hybridized carbons (Fsp3) is 0.263. The minimum atomic E-state index is -4.39. The van der Waals surface area contributed by atoms with Crippen molar-refractivity contribution >= 4 is 11.9 Å². The zero-order valence-corrected chi connectivity index (χ0v) is 14.9. The number of urea groups is 1. The highest BCUT2D eigenvalue weighted by molar-refractivity contribution is 5.96. The number of likely N-dealkylation sites (N-methyl/N-ethyl adjacent to an activating group) is 1. The van der Waals surface area contributed by atoms with Gasteiger partial charge in [0.1, 0.15) is 6.54 Å². The molecule has 0 radical (unpaired) electrons. The summed E-state index contributed by atoms with van der Waals surface area (Å²) in [4.78, 5) is 24.8. The number of carbonyl (C=O) groups excluding carboxylic acids is 2. The van der Waals surface area contributed by atoms with Crippen LogP contribution < -0.4 is 15.5 Å². The smallest absolute Gasteiger partial charge is 0.341 e. The first-order valence-electron chi connectivity index (χ1n) is 8.28. The Morgan fingerprint density at radius 3 is 2.15 bits per heavy atom. The second kappa shape index (κ2) is 8.68. The molecule has 2 atom stereocenters. The van der Waals surface area contributed by atoms with E-state index in [0.717, 1.165) is 12.1 Å². The lowest BCUT2D eigenvalue weighted by Gasteiger charge is -2.24. The number of halogens is 3. The number of carbonyl (C=O) groups is 2. The Hall–Kier alpha value is -2.87. The molecule has 0 spiro atoms. The summed E-state index contributed by atoms with van der Waals surface area (Å²) in [6.45, 7) is 0.304. The molecule has 2 rings (SSSR count). The van der Waals surface area contributed by atoms with E-state index < -0.39 is 29.7 Å². The van der Waals surface area contributed by atoms with E-state index in [1.54, 1.807) is 31.3 Å². The largest absolute Gasteiger partial charge is 0.416 e. The standard InChI is InChI=1S/C19H20F3N3O2/c1-23-18(27)24-17(26)16(14-6-4-3-5-7-14)25(2)12-13-8-10-15(11-9-13)19(20,21)22/h3-11,16H,12H2,1-2H3,(H2,23,24,26,27)/p+1/t16-/m1/s1. The quantitative estimate of drug-likeness (QED) is 0.742. The van der Waals surface area contributed by atoms with Gasteiger partial charge in [-0.1, -0.05) is 42.5 Å². The normalized spacial score (nSPS) is 13.5. The van der Waals surface area contributed by atoms with Crippen LogP contribution in [0, 0.1) is 0 Å². The van der Waals surface area contributed by atoms with Crippen molar-refractivity contribution in [2.75, 3.05) is 14.1 Å². The molecule has 27 heavy (non-hydrogen) atoms. The van der Waals surface area contributed by atoms with Crippen molar-refractivity contribution in [3.8, 4) is 0 Å². The van der Waals surface area contributed by atoms with Gasteiger partial charge in [0.15, 0.2) is 6.04 Å². The Balaban J connectivity index is 2.22. The number of benzene rings is 2. The summed E-state index contributed by atoms with van der Waals surface area (Å²) >= 11 is 0. The molecule has 5 nitrogen and oxygen atoms in total. The van der Waals surface area contributed by atoms with Crippen LogP contribution in [0.15, 0.2) is 54.6 Å². The zero-order chi connectivity index (χ0) is 20.0. The summed E-state index contributed by atoms with van der Waals surface area (Å²) in [6, 6.07) is 12.4. The highest BCUT2D eigenvalue weighted by atomic mass is 19.4. The second-order valence-electron chi connectivity index (χ2n) is 6.13. The minimum absolute atomic E-state index is 0.304. The van der Waals surface area contributed by atoms with Crippen molar-refractivity contribution < 1.29 is 27.7 Å². The molecule has 0 aliphatic carbocycles. The second-order valence-corrected chi connectivity index (χ2v) is 6.13. The van der Waals surface area contributed by atoms with Gasteiger partial charge in [-0.25, -0.2) is 4.79 Å². The van der Waals surface area contributed by atoms with Crippen LogP contribution >= 0.6 is 0 Å². The summed E-state index contributed by atoms with van der Waals surface area (Å²) in [6.07, 6.45) is -4.39. The average molecular weight is 380 g/mol. The van der Waals surface area contributed by atoms with Crippen LogP contribution in [0.25, 0.3) is 0 Å². The van der Waals surface area contributed by atoms with Crippen molar-refractivity contribution in [2.45, 2.75) is 18.8 Å². The summed E-state index contributed by atoms with van der Waals surface area (Å²) in [7, 11) is 3.15. The van der Waals surface area contributed by atoms with Crippen LogP contribution in [0.5, 0.6) is 0 Å². The molecule has 2 aromatic rings. The lowest BCUT2D eigenvalue weighted by Crippen LogP contribution is -3.09. The van der Waals surface area contributed by atoms with E-state index in [1.165, 1.54) is 19.2 Å². The van der Waals surface area contributed by atoms with Crippen molar-refractivity contribution in [1.82, 2.24) is 10.6 Å². The molecule has 0 bridgehead atoms. The molecule has 3 N–H and O–H groups in total. The minimum Gasteiger partial charge on any atom is -0.341 e. The van der Waals surface area contributed by atoms with Crippen LogP contribution in [-0.4, -0.2) is 26.0 Å². The van der Waals surface area contributed by atoms with Gasteiger partial charge >= 0.3 is 12.2 Å². The summed E-state index contributed by atoms with van der Waals surface area (Å²) < 4.78 is 38.1. The van der Waals surface area contributed by atoms with Crippen LogP contribution in [0.4, 0.5) is 18.0 Å². The third kappa shape index (κ3) is 5.55. The molecule has 1 unspecified atom stereocenters. The number of amides is 3. The summed E-state index contributed by atoms with van der Waals surface area (Å²) in [5.74, 6) is -0.495. The van der Waals surface area contributed by atoms with Gasteiger partial charge in [-0.3, -0.25) is 10.1 Å². The number of alkyl halides is 3. The number of quaternary nitrogens is 1. The number of nitrogens with one attached hydrogen (secondary N) is 3. The van der Waals surface area contributed by atoms with Gasteiger partial charge < -0.3 is 10.2 Å². The Labute approximate surface area is 155 Å². The van der Waals surface area contributed by atoms with Crippen LogP contribution in [0.3, 0.4) is 0 Å². The first kappa shape index (κ1) is 20.4. The molecule has 0 saturated heterocycles. The molecule has 8 heteroatoms. The molecule has 144 valence electrons. The SMILES string of the molecule is CNC(=O)NC(=O)[C@@H](c1ccccc1)[NH+](C)Cc1ccc(C(F)(F)F)cc1. The number of hydrogen-bond acceptors (Lipinski definition) is 2. The fourth-order valence-corrected chi connectivity index (χ4v) is 2.79. The van der Waals surface area contributed by atoms with Crippen LogP contribution in [0.2, 0.25) is 0 Å². The lowest BCUT2D eigenvalue weighted by molar-refractivity contribution is -0.916. The molecule has 0 heterocycles. The predicted molar refractivity (Wildman–Crippen MR) is 93.8 cm³/mol. The number of imide groups is 1. The van der Waals surface area contributed by atoms with Crippen molar-refractivity contribution in [1.29, 1.82) is 0 Å². The van der Waals surface area contributed by atoms with E-state index in [2.05, 4.69) is 10.6 Å². The third-order valence-corrected chi connectivity index (χ3v) is 4.12. The maximum Gasteiger partial charge on any atom is 0.416 e. The Morgan fingerprint density at radius 1 is 1.04 bits per heavy atom. The molecular weight excluding hydrogens is 359 g/mol. The van der Waals surface area contributed by atoms with E-state index in [4.69, 9.17) is 0 Å². The fourth-order valence-electron chi connectivity index (χ4n) is 2.79. The molecule has 0 aromatic heterocycles. The molecular formula is C19H21F3N3O2+. The van der Waals surface area contributed by atoms with Crippen molar-refractivity contribution in [3.05, 3.63) is 71.3 Å². The molecule has 0 aliphatic rings. The van der Waals surface area contributed by atoms with Crippen molar-refractivity contribution in [3.63, 3.8) is 0 Å². The van der Waals surface area contributed by atoms with E-state index >= 15 is 0 Å². The highest BCUT2D eigenvalue weighted by Crippen LogP contribution is 2.29. The predicted octanol–water partition coefficient (Wildman–Crippen LogP) is 1.92. The van der Waals surface area contributed by atoms with E-state index in [1.807, 2.05) is 6.07 Å². The maximum atomic E-state index is 12.7. The molecule has 0 fully saturated rings. The van der Waals surface area contributed by atoms with Gasteiger partial charge in [-0.2, -0.15) is 13.2 Å². The Bertz CT molecular complexity index is 777.